The molecule has 1 saturated carbocycles. The summed E-state index contributed by atoms with van der Waals surface area (Å²) < 4.78 is 9.36. The predicted molar refractivity (Wildman–Crippen MR) is 133 cm³/mol. The van der Waals surface area contributed by atoms with E-state index in [-0.39, 0.29) is 18.2 Å². The number of hydrogen-bond donors (Lipinski definition) is 1. The molecule has 0 aliphatic heterocycles. The van der Waals surface area contributed by atoms with Gasteiger partial charge in [-0.25, -0.2) is 9.20 Å². The lowest BCUT2D eigenvalue weighted by Gasteiger charge is -2.18. The summed E-state index contributed by atoms with van der Waals surface area (Å²) in [6, 6.07) is 12.1. The van der Waals surface area contributed by atoms with Crippen LogP contribution in [-0.2, 0) is 0 Å². The third-order valence-electron chi connectivity index (χ3n) is 5.93. The van der Waals surface area contributed by atoms with Gasteiger partial charge in [0.15, 0.2) is 11.6 Å². The Morgan fingerprint density at radius 1 is 1.17 bits per heavy atom. The number of anilines is 2. The molecule has 1 fully saturated rings. The summed E-state index contributed by atoms with van der Waals surface area (Å²) in [5.41, 5.74) is 3.62. The van der Waals surface area contributed by atoms with Crippen LogP contribution in [0.1, 0.15) is 44.0 Å². The number of pyridine rings is 2. The topological polar surface area (TPSA) is 110 Å². The molecule has 5 rings (SSSR count). The molecule has 9 heteroatoms. The first-order chi connectivity index (χ1) is 16.7. The highest BCUT2D eigenvalue weighted by molar-refractivity contribution is 5.75. The lowest BCUT2D eigenvalue weighted by molar-refractivity contribution is 0.227. The number of nitrogens with one attached hydrogen (secondary N) is 1. The van der Waals surface area contributed by atoms with E-state index in [4.69, 9.17) is 4.74 Å². The molecule has 1 aliphatic carbocycles. The van der Waals surface area contributed by atoms with E-state index >= 15 is 0 Å². The summed E-state index contributed by atoms with van der Waals surface area (Å²) in [4.78, 5) is 16.7. The van der Waals surface area contributed by atoms with Gasteiger partial charge in [-0.1, -0.05) is 0 Å². The molecular weight excluding hydrogens is 442 g/mol. The molecule has 0 saturated heterocycles. The zero-order valence-corrected chi connectivity index (χ0v) is 20.2. The molecule has 9 nitrogen and oxygen atoms in total. The Labute approximate surface area is 203 Å². The van der Waals surface area contributed by atoms with Crippen LogP contribution in [0.5, 0.6) is 5.75 Å². The van der Waals surface area contributed by atoms with Gasteiger partial charge in [-0.05, 0) is 70.4 Å². The number of hydrogen-bond acceptors (Lipinski definition) is 7. The number of aryl methyl sites for hydroxylation is 2. The van der Waals surface area contributed by atoms with Crippen LogP contribution in [0.3, 0.4) is 0 Å². The Balaban J connectivity index is 1.45. The highest BCUT2D eigenvalue weighted by Crippen LogP contribution is 2.34. The zero-order chi connectivity index (χ0) is 24.7. The first kappa shape index (κ1) is 22.6. The highest BCUT2D eigenvalue weighted by atomic mass is 16.5. The average molecular weight is 470 g/mol. The number of fused-ring (bicyclic) bond motifs is 1. The second-order valence-corrected chi connectivity index (χ2v) is 9.74. The standard InChI is InChI=1S/C26H27N7O2/c1-16-9-23(31-33(25(16)34)19-5-6-19)29-24-12-20-11-18(7-8-32(20)30-24)21-10-17(2)28-13-22(21)35-15-26(3,4)14-27/h7-13,19H,5-6,15H2,1-4H3,(H,29,30,31). The Kier molecular flexibility index (Phi) is 5.52. The average Bonchev–Trinajstić information content (AvgIpc) is 3.59. The van der Waals surface area contributed by atoms with Gasteiger partial charge >= 0.3 is 0 Å². The van der Waals surface area contributed by atoms with Crippen LogP contribution in [-0.4, -0.2) is 31.0 Å². The monoisotopic (exact) mass is 469 g/mol. The molecule has 0 bridgehead atoms. The SMILES string of the molecule is Cc1cc(-c2ccn3nc(Nc4cc(C)c(=O)n(C5CC5)n4)cc3c2)c(OCC(C)(C)C#N)cn1. The normalized spacial score (nSPS) is 13.6. The molecule has 0 aromatic carbocycles. The summed E-state index contributed by atoms with van der Waals surface area (Å²) >= 11 is 0. The van der Waals surface area contributed by atoms with Crippen molar-refractivity contribution >= 4 is 17.2 Å². The quantitative estimate of drug-likeness (QED) is 0.422. The zero-order valence-electron chi connectivity index (χ0n) is 20.2. The van der Waals surface area contributed by atoms with E-state index in [2.05, 4.69) is 26.6 Å². The molecule has 1 aliphatic rings. The molecule has 0 atom stereocenters. The second kappa shape index (κ2) is 8.55. The van der Waals surface area contributed by atoms with Crippen LogP contribution >= 0.6 is 0 Å². The van der Waals surface area contributed by atoms with Crippen molar-refractivity contribution in [3.8, 4) is 22.9 Å². The summed E-state index contributed by atoms with van der Waals surface area (Å²) in [6.45, 7) is 7.68. The number of rotatable bonds is 7. The van der Waals surface area contributed by atoms with Gasteiger partial charge in [0.25, 0.3) is 5.56 Å². The minimum atomic E-state index is -0.605. The fourth-order valence-electron chi connectivity index (χ4n) is 3.80. The Morgan fingerprint density at radius 2 is 1.94 bits per heavy atom. The van der Waals surface area contributed by atoms with Crippen molar-refractivity contribution in [2.45, 2.75) is 46.6 Å². The minimum Gasteiger partial charge on any atom is -0.490 e. The van der Waals surface area contributed by atoms with Crippen molar-refractivity contribution in [3.05, 3.63) is 64.3 Å². The van der Waals surface area contributed by atoms with Gasteiger partial charge in [-0.3, -0.25) is 9.78 Å². The van der Waals surface area contributed by atoms with Gasteiger partial charge in [0.1, 0.15) is 12.4 Å². The summed E-state index contributed by atoms with van der Waals surface area (Å²) in [7, 11) is 0. The van der Waals surface area contributed by atoms with Crippen molar-refractivity contribution in [2.24, 2.45) is 5.41 Å². The Morgan fingerprint density at radius 3 is 2.69 bits per heavy atom. The minimum absolute atomic E-state index is 0.0403. The van der Waals surface area contributed by atoms with E-state index in [0.29, 0.717) is 22.9 Å². The van der Waals surface area contributed by atoms with Gasteiger partial charge < -0.3 is 10.1 Å². The van der Waals surface area contributed by atoms with Crippen LogP contribution in [0, 0.1) is 30.6 Å². The van der Waals surface area contributed by atoms with Crippen LogP contribution in [0.4, 0.5) is 11.6 Å². The van der Waals surface area contributed by atoms with Crippen LogP contribution in [0.2, 0.25) is 0 Å². The third-order valence-corrected chi connectivity index (χ3v) is 5.93. The predicted octanol–water partition coefficient (Wildman–Crippen LogP) is 4.58. The molecule has 0 radical (unpaired) electrons. The smallest absolute Gasteiger partial charge is 0.270 e. The molecule has 178 valence electrons. The summed E-state index contributed by atoms with van der Waals surface area (Å²) in [5, 5.41) is 21.7. The lowest BCUT2D eigenvalue weighted by atomic mass is 9.97. The first-order valence-electron chi connectivity index (χ1n) is 11.6. The van der Waals surface area contributed by atoms with E-state index in [1.165, 1.54) is 0 Å². The number of nitriles is 1. The largest absolute Gasteiger partial charge is 0.490 e. The molecule has 0 spiro atoms. The van der Waals surface area contributed by atoms with Crippen LogP contribution in [0.15, 0.2) is 47.5 Å². The third kappa shape index (κ3) is 4.73. The van der Waals surface area contributed by atoms with E-state index in [0.717, 1.165) is 35.2 Å². The maximum absolute atomic E-state index is 12.4. The second-order valence-electron chi connectivity index (χ2n) is 9.74. The maximum atomic E-state index is 12.4. The maximum Gasteiger partial charge on any atom is 0.270 e. The molecule has 4 aromatic heterocycles. The van der Waals surface area contributed by atoms with Crippen LogP contribution < -0.4 is 15.6 Å². The first-order valence-corrected chi connectivity index (χ1v) is 11.6. The molecule has 0 amide bonds. The van der Waals surface area contributed by atoms with Crippen molar-refractivity contribution in [1.29, 1.82) is 5.26 Å². The van der Waals surface area contributed by atoms with Gasteiger partial charge in [0.2, 0.25) is 0 Å². The fourth-order valence-corrected chi connectivity index (χ4v) is 3.80. The molecule has 35 heavy (non-hydrogen) atoms. The fraction of sp³-hybridized carbons (Fsp3) is 0.346. The highest BCUT2D eigenvalue weighted by Gasteiger charge is 2.26. The van der Waals surface area contributed by atoms with Crippen molar-refractivity contribution in [3.63, 3.8) is 0 Å². The van der Waals surface area contributed by atoms with Gasteiger partial charge in [0, 0.05) is 29.1 Å². The molecule has 1 N–H and O–H groups in total. The number of nitrogens with zero attached hydrogens (tertiary/aromatic N) is 6. The van der Waals surface area contributed by atoms with Gasteiger partial charge in [0.05, 0.1) is 29.2 Å². The number of ether oxygens (including phenoxy) is 1. The summed E-state index contributed by atoms with van der Waals surface area (Å²) in [5.74, 6) is 1.86. The van der Waals surface area contributed by atoms with Crippen LogP contribution in [0.25, 0.3) is 16.6 Å². The lowest BCUT2D eigenvalue weighted by Crippen LogP contribution is -2.24. The van der Waals surface area contributed by atoms with Crippen molar-refractivity contribution < 1.29 is 4.74 Å². The van der Waals surface area contributed by atoms with Crippen molar-refractivity contribution in [1.82, 2.24) is 24.4 Å². The molecule has 4 aromatic rings. The van der Waals surface area contributed by atoms with Gasteiger partial charge in [-0.2, -0.15) is 15.5 Å². The Bertz CT molecular complexity index is 1520. The van der Waals surface area contributed by atoms with E-state index in [9.17, 15) is 10.1 Å². The van der Waals surface area contributed by atoms with E-state index in [1.54, 1.807) is 28.4 Å². The number of aromatic nitrogens is 5. The molecule has 4 heterocycles. The van der Waals surface area contributed by atoms with E-state index < -0.39 is 5.41 Å². The Hall–Kier alpha value is -4.19. The van der Waals surface area contributed by atoms with Crippen molar-refractivity contribution in [2.75, 3.05) is 11.9 Å². The summed E-state index contributed by atoms with van der Waals surface area (Å²) in [6.07, 6.45) is 5.56. The molecular formula is C26H27N7O2. The van der Waals surface area contributed by atoms with E-state index in [1.807, 2.05) is 51.2 Å². The molecule has 0 unspecified atom stereocenters. The van der Waals surface area contributed by atoms with Gasteiger partial charge in [-0.15, -0.1) is 0 Å².